The quantitative estimate of drug-likeness (QED) is 0.819. The smallest absolute Gasteiger partial charge is 0.0273 e. The molecule has 2 nitrogen and oxygen atoms in total. The first-order chi connectivity index (χ1) is 7.42. The van der Waals surface area contributed by atoms with E-state index in [0.717, 1.165) is 6.54 Å². The molecule has 0 radical (unpaired) electrons. The molecule has 0 aliphatic carbocycles. The molecule has 0 fully saturated rings. The molecular formula is C13H14N2. The van der Waals surface area contributed by atoms with Gasteiger partial charge in [0.05, 0.1) is 0 Å². The minimum Gasteiger partial charge on any atom is -0.316 e. The molecule has 2 rings (SSSR count). The Bertz CT molecular complexity index is 424. The number of pyridine rings is 1. The minimum atomic E-state index is 0.887. The van der Waals surface area contributed by atoms with Crippen molar-refractivity contribution < 1.29 is 0 Å². The molecule has 1 aromatic carbocycles. The lowest BCUT2D eigenvalue weighted by Gasteiger charge is -2.08. The average Bonchev–Trinajstić information content (AvgIpc) is 2.31. The molecule has 76 valence electrons. The lowest BCUT2D eigenvalue weighted by Crippen LogP contribution is -2.06. The molecule has 0 unspecified atom stereocenters. The largest absolute Gasteiger partial charge is 0.316 e. The van der Waals surface area contributed by atoms with Crippen molar-refractivity contribution in [1.29, 1.82) is 0 Å². The zero-order valence-electron chi connectivity index (χ0n) is 8.77. The molecular weight excluding hydrogens is 184 g/mol. The number of rotatable bonds is 3. The Balaban J connectivity index is 2.43. The molecule has 0 aliphatic rings. The number of nitrogens with zero attached hydrogens (tertiary/aromatic N) is 1. The van der Waals surface area contributed by atoms with Crippen LogP contribution in [-0.2, 0) is 6.54 Å². The third kappa shape index (κ3) is 2.22. The zero-order valence-corrected chi connectivity index (χ0v) is 8.77. The van der Waals surface area contributed by atoms with Crippen LogP contribution in [0.15, 0.2) is 48.8 Å². The van der Waals surface area contributed by atoms with Crippen molar-refractivity contribution in [3.8, 4) is 11.1 Å². The number of aromatic nitrogens is 1. The summed E-state index contributed by atoms with van der Waals surface area (Å²) in [6.07, 6.45) is 3.65. The molecule has 1 heterocycles. The third-order valence-corrected chi connectivity index (χ3v) is 2.38. The molecule has 1 aromatic heterocycles. The minimum absolute atomic E-state index is 0.887. The maximum atomic E-state index is 4.03. The lowest BCUT2D eigenvalue weighted by atomic mass is 10.0. The van der Waals surface area contributed by atoms with Gasteiger partial charge in [-0.3, -0.25) is 4.98 Å². The Morgan fingerprint density at radius 3 is 2.53 bits per heavy atom. The van der Waals surface area contributed by atoms with E-state index in [1.165, 1.54) is 16.7 Å². The maximum Gasteiger partial charge on any atom is 0.0273 e. The van der Waals surface area contributed by atoms with Crippen molar-refractivity contribution in [2.75, 3.05) is 7.05 Å². The number of hydrogen-bond acceptors (Lipinski definition) is 2. The highest BCUT2D eigenvalue weighted by atomic mass is 14.8. The second-order valence-electron chi connectivity index (χ2n) is 3.42. The van der Waals surface area contributed by atoms with Crippen LogP contribution >= 0.6 is 0 Å². The van der Waals surface area contributed by atoms with Crippen LogP contribution in [0.5, 0.6) is 0 Å². The van der Waals surface area contributed by atoms with Crippen LogP contribution in [-0.4, -0.2) is 12.0 Å². The zero-order chi connectivity index (χ0) is 10.5. The number of hydrogen-bond donors (Lipinski definition) is 1. The highest BCUT2D eigenvalue weighted by Crippen LogP contribution is 2.22. The van der Waals surface area contributed by atoms with Crippen molar-refractivity contribution in [2.24, 2.45) is 0 Å². The van der Waals surface area contributed by atoms with E-state index in [0.29, 0.717) is 0 Å². The predicted molar refractivity (Wildman–Crippen MR) is 62.4 cm³/mol. The van der Waals surface area contributed by atoms with Crippen LogP contribution in [0.25, 0.3) is 11.1 Å². The van der Waals surface area contributed by atoms with Gasteiger partial charge in [-0.25, -0.2) is 0 Å². The SMILES string of the molecule is CNCc1ccccc1-c1ccncc1. The van der Waals surface area contributed by atoms with Crippen LogP contribution in [0.1, 0.15) is 5.56 Å². The van der Waals surface area contributed by atoms with E-state index in [1.807, 2.05) is 31.6 Å². The first-order valence-electron chi connectivity index (χ1n) is 5.04. The topological polar surface area (TPSA) is 24.9 Å². The van der Waals surface area contributed by atoms with Gasteiger partial charge in [-0.2, -0.15) is 0 Å². The highest BCUT2D eigenvalue weighted by Gasteiger charge is 2.02. The van der Waals surface area contributed by atoms with E-state index < -0.39 is 0 Å². The fourth-order valence-corrected chi connectivity index (χ4v) is 1.68. The third-order valence-electron chi connectivity index (χ3n) is 2.38. The van der Waals surface area contributed by atoms with E-state index in [-0.39, 0.29) is 0 Å². The molecule has 0 bridgehead atoms. The van der Waals surface area contributed by atoms with Crippen molar-refractivity contribution in [1.82, 2.24) is 10.3 Å². The van der Waals surface area contributed by atoms with Crippen molar-refractivity contribution >= 4 is 0 Å². The monoisotopic (exact) mass is 198 g/mol. The van der Waals surface area contributed by atoms with Gasteiger partial charge in [0.2, 0.25) is 0 Å². The van der Waals surface area contributed by atoms with E-state index in [2.05, 4.69) is 34.6 Å². The van der Waals surface area contributed by atoms with Gasteiger partial charge in [0.15, 0.2) is 0 Å². The summed E-state index contributed by atoms with van der Waals surface area (Å²) in [5.74, 6) is 0. The molecule has 2 heteroatoms. The Kier molecular flexibility index (Phi) is 3.10. The van der Waals surface area contributed by atoms with Crippen LogP contribution in [0.2, 0.25) is 0 Å². The fraction of sp³-hybridized carbons (Fsp3) is 0.154. The van der Waals surface area contributed by atoms with Crippen molar-refractivity contribution in [3.63, 3.8) is 0 Å². The first kappa shape index (κ1) is 9.87. The lowest BCUT2D eigenvalue weighted by molar-refractivity contribution is 0.819. The average molecular weight is 198 g/mol. The molecule has 0 spiro atoms. The van der Waals surface area contributed by atoms with Gasteiger partial charge in [0.25, 0.3) is 0 Å². The molecule has 0 atom stereocenters. The number of benzene rings is 1. The Morgan fingerprint density at radius 2 is 1.80 bits per heavy atom. The van der Waals surface area contributed by atoms with E-state index in [4.69, 9.17) is 0 Å². The van der Waals surface area contributed by atoms with E-state index in [9.17, 15) is 0 Å². The van der Waals surface area contributed by atoms with Gasteiger partial charge in [0.1, 0.15) is 0 Å². The molecule has 15 heavy (non-hydrogen) atoms. The molecule has 0 aliphatic heterocycles. The van der Waals surface area contributed by atoms with Gasteiger partial charge < -0.3 is 5.32 Å². The van der Waals surface area contributed by atoms with Crippen molar-refractivity contribution in [2.45, 2.75) is 6.54 Å². The molecule has 2 aromatic rings. The maximum absolute atomic E-state index is 4.03. The normalized spacial score (nSPS) is 10.2. The summed E-state index contributed by atoms with van der Waals surface area (Å²) in [6, 6.07) is 12.5. The Labute approximate surface area is 90.0 Å². The fourth-order valence-electron chi connectivity index (χ4n) is 1.68. The van der Waals surface area contributed by atoms with Gasteiger partial charge in [-0.1, -0.05) is 24.3 Å². The molecule has 0 saturated heterocycles. The van der Waals surface area contributed by atoms with E-state index >= 15 is 0 Å². The second kappa shape index (κ2) is 4.71. The van der Waals surface area contributed by atoms with Crippen LogP contribution < -0.4 is 5.32 Å². The summed E-state index contributed by atoms with van der Waals surface area (Å²) in [5, 5.41) is 3.18. The van der Waals surface area contributed by atoms with Crippen molar-refractivity contribution in [3.05, 3.63) is 54.4 Å². The molecule has 0 amide bonds. The van der Waals surface area contributed by atoms with Gasteiger partial charge in [0, 0.05) is 18.9 Å². The summed E-state index contributed by atoms with van der Waals surface area (Å²) in [5.41, 5.74) is 3.80. The van der Waals surface area contributed by atoms with Gasteiger partial charge >= 0.3 is 0 Å². The first-order valence-corrected chi connectivity index (χ1v) is 5.04. The Morgan fingerprint density at radius 1 is 1.07 bits per heavy atom. The van der Waals surface area contributed by atoms with Crippen LogP contribution in [0.3, 0.4) is 0 Å². The summed E-state index contributed by atoms with van der Waals surface area (Å²) in [6.45, 7) is 0.887. The molecule has 0 saturated carbocycles. The van der Waals surface area contributed by atoms with Crippen LogP contribution in [0.4, 0.5) is 0 Å². The molecule has 1 N–H and O–H groups in total. The Hall–Kier alpha value is -1.67. The summed E-state index contributed by atoms with van der Waals surface area (Å²) in [4.78, 5) is 4.03. The predicted octanol–water partition coefficient (Wildman–Crippen LogP) is 2.47. The van der Waals surface area contributed by atoms with Gasteiger partial charge in [-0.05, 0) is 35.9 Å². The van der Waals surface area contributed by atoms with Crippen LogP contribution in [0, 0.1) is 0 Å². The second-order valence-corrected chi connectivity index (χ2v) is 3.42. The number of nitrogens with one attached hydrogen (secondary N) is 1. The standard InChI is InChI=1S/C13H14N2/c1-14-10-12-4-2-3-5-13(12)11-6-8-15-9-7-11/h2-9,14H,10H2,1H3. The van der Waals surface area contributed by atoms with Gasteiger partial charge in [-0.15, -0.1) is 0 Å². The summed E-state index contributed by atoms with van der Waals surface area (Å²) >= 11 is 0. The van der Waals surface area contributed by atoms with E-state index in [1.54, 1.807) is 0 Å². The highest BCUT2D eigenvalue weighted by molar-refractivity contribution is 5.66. The summed E-state index contributed by atoms with van der Waals surface area (Å²) in [7, 11) is 1.96. The summed E-state index contributed by atoms with van der Waals surface area (Å²) < 4.78 is 0.